The molecule has 0 aliphatic rings. The normalized spacial score (nSPS) is 12.7. The number of hydrogen-bond donors (Lipinski definition) is 1. The third-order valence-electron chi connectivity index (χ3n) is 2.95. The van der Waals surface area contributed by atoms with E-state index >= 15 is 0 Å². The first-order valence-corrected chi connectivity index (χ1v) is 7.28. The van der Waals surface area contributed by atoms with Crippen LogP contribution in [0.4, 0.5) is 0 Å². The van der Waals surface area contributed by atoms with E-state index in [1.165, 1.54) is 6.07 Å². The van der Waals surface area contributed by atoms with Gasteiger partial charge < -0.3 is 5.11 Å². The highest BCUT2D eigenvalue weighted by Gasteiger charge is 2.28. The highest BCUT2D eigenvalue weighted by Crippen LogP contribution is 2.25. The SMILES string of the molecule is CCC(C#N)S(=O)(=O)c1cc(C(=O)O)c(C)cc1C. The summed E-state index contributed by atoms with van der Waals surface area (Å²) in [5, 5.41) is 16.8. The summed E-state index contributed by atoms with van der Waals surface area (Å²) in [6.45, 7) is 4.80. The Bertz CT molecular complexity index is 656. The number of aromatic carboxylic acids is 1. The molecule has 0 saturated carbocycles. The summed E-state index contributed by atoms with van der Waals surface area (Å²) >= 11 is 0. The molecule has 1 rings (SSSR count). The Morgan fingerprint density at radius 2 is 1.95 bits per heavy atom. The lowest BCUT2D eigenvalue weighted by Gasteiger charge is -2.13. The van der Waals surface area contributed by atoms with Gasteiger partial charge in [0.05, 0.1) is 16.5 Å². The van der Waals surface area contributed by atoms with Crippen LogP contribution in [0.3, 0.4) is 0 Å². The van der Waals surface area contributed by atoms with Crippen molar-refractivity contribution in [2.75, 3.05) is 0 Å². The van der Waals surface area contributed by atoms with Gasteiger partial charge in [0, 0.05) is 0 Å². The maximum absolute atomic E-state index is 12.3. The Morgan fingerprint density at radius 3 is 2.37 bits per heavy atom. The molecule has 0 aliphatic carbocycles. The molecule has 0 bridgehead atoms. The van der Waals surface area contributed by atoms with Crippen LogP contribution in [0.2, 0.25) is 0 Å². The minimum absolute atomic E-state index is 0.0584. The number of carboxylic acid groups (broad SMARTS) is 1. The lowest BCUT2D eigenvalue weighted by molar-refractivity contribution is 0.0696. The van der Waals surface area contributed by atoms with Crippen molar-refractivity contribution in [1.82, 2.24) is 0 Å². The number of hydrogen-bond acceptors (Lipinski definition) is 4. The second kappa shape index (κ2) is 5.41. The molecule has 1 atom stereocenters. The number of aryl methyl sites for hydroxylation is 2. The van der Waals surface area contributed by atoms with E-state index in [9.17, 15) is 13.2 Å². The fourth-order valence-electron chi connectivity index (χ4n) is 1.90. The van der Waals surface area contributed by atoms with Gasteiger partial charge in [-0.3, -0.25) is 0 Å². The van der Waals surface area contributed by atoms with Crippen LogP contribution in [0.25, 0.3) is 0 Å². The summed E-state index contributed by atoms with van der Waals surface area (Å²) in [5.74, 6) is -1.18. The summed E-state index contributed by atoms with van der Waals surface area (Å²) in [6, 6.07) is 4.40. The molecule has 1 N–H and O–H groups in total. The molecule has 0 saturated heterocycles. The van der Waals surface area contributed by atoms with Crippen molar-refractivity contribution >= 4 is 15.8 Å². The largest absolute Gasteiger partial charge is 0.478 e. The fraction of sp³-hybridized carbons (Fsp3) is 0.385. The minimum Gasteiger partial charge on any atom is -0.478 e. The van der Waals surface area contributed by atoms with E-state index < -0.39 is 21.1 Å². The molecule has 1 aromatic carbocycles. The number of carbonyl (C=O) groups is 1. The van der Waals surface area contributed by atoms with E-state index in [1.807, 2.05) is 0 Å². The van der Waals surface area contributed by atoms with Crippen LogP contribution >= 0.6 is 0 Å². The Kier molecular flexibility index (Phi) is 4.32. The lowest BCUT2D eigenvalue weighted by Crippen LogP contribution is -2.20. The van der Waals surface area contributed by atoms with E-state index in [-0.39, 0.29) is 16.9 Å². The highest BCUT2D eigenvalue weighted by molar-refractivity contribution is 7.92. The van der Waals surface area contributed by atoms with E-state index in [0.717, 1.165) is 6.07 Å². The molecule has 5 nitrogen and oxygen atoms in total. The summed E-state index contributed by atoms with van der Waals surface area (Å²) in [7, 11) is -3.83. The average Bonchev–Trinajstić information content (AvgIpc) is 2.29. The van der Waals surface area contributed by atoms with Crippen LogP contribution < -0.4 is 0 Å². The number of carboxylic acids is 1. The first-order chi connectivity index (χ1) is 8.75. The van der Waals surface area contributed by atoms with Crippen molar-refractivity contribution < 1.29 is 18.3 Å². The highest BCUT2D eigenvalue weighted by atomic mass is 32.2. The summed E-state index contributed by atoms with van der Waals surface area (Å²) in [6.07, 6.45) is 0.161. The summed E-state index contributed by atoms with van der Waals surface area (Å²) in [5.41, 5.74) is 0.891. The fourth-order valence-corrected chi connectivity index (χ4v) is 3.58. The molecule has 6 heteroatoms. The number of nitriles is 1. The maximum Gasteiger partial charge on any atom is 0.335 e. The van der Waals surface area contributed by atoms with Crippen LogP contribution in [0.15, 0.2) is 17.0 Å². The first-order valence-electron chi connectivity index (χ1n) is 5.73. The number of benzene rings is 1. The molecule has 1 unspecified atom stereocenters. The zero-order chi connectivity index (χ0) is 14.8. The Morgan fingerprint density at radius 1 is 1.37 bits per heavy atom. The van der Waals surface area contributed by atoms with Gasteiger partial charge in [0.15, 0.2) is 15.1 Å². The van der Waals surface area contributed by atoms with Gasteiger partial charge in [-0.25, -0.2) is 13.2 Å². The van der Waals surface area contributed by atoms with Crippen LogP contribution in [-0.4, -0.2) is 24.7 Å². The predicted molar refractivity (Wildman–Crippen MR) is 69.8 cm³/mol. The third-order valence-corrected chi connectivity index (χ3v) is 5.19. The van der Waals surface area contributed by atoms with Crippen LogP contribution in [0, 0.1) is 25.2 Å². The smallest absolute Gasteiger partial charge is 0.335 e. The molecule has 0 aromatic heterocycles. The van der Waals surface area contributed by atoms with Crippen molar-refractivity contribution in [3.05, 3.63) is 28.8 Å². The van der Waals surface area contributed by atoms with E-state index in [2.05, 4.69) is 0 Å². The van der Waals surface area contributed by atoms with E-state index in [1.54, 1.807) is 26.8 Å². The lowest BCUT2D eigenvalue weighted by atomic mass is 10.1. The molecule has 1 aromatic rings. The summed E-state index contributed by atoms with van der Waals surface area (Å²) in [4.78, 5) is 11.0. The molecule has 0 aliphatic heterocycles. The van der Waals surface area contributed by atoms with Crippen molar-refractivity contribution in [3.8, 4) is 6.07 Å². The molecular formula is C13H15NO4S. The molecule has 0 radical (unpaired) electrons. The Balaban J connectivity index is 3.57. The molecule has 0 amide bonds. The maximum atomic E-state index is 12.3. The molecule has 0 spiro atoms. The van der Waals surface area contributed by atoms with Crippen LogP contribution in [0.5, 0.6) is 0 Å². The Labute approximate surface area is 112 Å². The van der Waals surface area contributed by atoms with E-state index in [4.69, 9.17) is 10.4 Å². The van der Waals surface area contributed by atoms with Gasteiger partial charge in [0.2, 0.25) is 0 Å². The minimum atomic E-state index is -3.83. The second-order valence-electron chi connectivity index (χ2n) is 4.31. The first kappa shape index (κ1) is 15.2. The Hall–Kier alpha value is -1.87. The van der Waals surface area contributed by atoms with E-state index in [0.29, 0.717) is 11.1 Å². The quantitative estimate of drug-likeness (QED) is 0.911. The number of sulfone groups is 1. The monoisotopic (exact) mass is 281 g/mol. The van der Waals surface area contributed by atoms with Gasteiger partial charge in [-0.2, -0.15) is 5.26 Å². The summed E-state index contributed by atoms with van der Waals surface area (Å²) < 4.78 is 24.6. The van der Waals surface area contributed by atoms with Crippen molar-refractivity contribution in [2.24, 2.45) is 0 Å². The zero-order valence-corrected chi connectivity index (χ0v) is 11.8. The zero-order valence-electron chi connectivity index (χ0n) is 11.0. The number of rotatable bonds is 4. The molecule has 0 heterocycles. The average molecular weight is 281 g/mol. The number of nitrogens with zero attached hydrogens (tertiary/aromatic N) is 1. The van der Waals surface area contributed by atoms with Crippen LogP contribution in [0.1, 0.15) is 34.8 Å². The molecule has 0 fully saturated rings. The van der Waals surface area contributed by atoms with Gasteiger partial charge >= 0.3 is 5.97 Å². The van der Waals surface area contributed by atoms with Gasteiger partial charge in [-0.15, -0.1) is 0 Å². The van der Waals surface area contributed by atoms with Crippen molar-refractivity contribution in [3.63, 3.8) is 0 Å². The van der Waals surface area contributed by atoms with Gasteiger partial charge in [0.25, 0.3) is 0 Å². The molecule has 102 valence electrons. The van der Waals surface area contributed by atoms with Gasteiger partial charge in [-0.05, 0) is 37.5 Å². The second-order valence-corrected chi connectivity index (χ2v) is 6.41. The molecular weight excluding hydrogens is 266 g/mol. The molecule has 19 heavy (non-hydrogen) atoms. The van der Waals surface area contributed by atoms with Crippen LogP contribution in [-0.2, 0) is 9.84 Å². The standard InChI is InChI=1S/C13H15NO4S/c1-4-10(7-14)19(17,18)12-6-11(13(15)16)8(2)5-9(12)3/h5-6,10H,4H2,1-3H3,(H,15,16). The topological polar surface area (TPSA) is 95.2 Å². The van der Waals surface area contributed by atoms with Gasteiger partial charge in [0.1, 0.15) is 0 Å². The third kappa shape index (κ3) is 2.76. The van der Waals surface area contributed by atoms with Crippen molar-refractivity contribution in [1.29, 1.82) is 5.26 Å². The van der Waals surface area contributed by atoms with Gasteiger partial charge in [-0.1, -0.05) is 13.0 Å². The predicted octanol–water partition coefficient (Wildman–Crippen LogP) is 2.08. The van der Waals surface area contributed by atoms with Crippen molar-refractivity contribution in [2.45, 2.75) is 37.3 Å².